The topological polar surface area (TPSA) is 21.7 Å². The quantitative estimate of drug-likeness (QED) is 0.718. The van der Waals surface area contributed by atoms with Crippen LogP contribution in [0.25, 0.3) is 0 Å². The highest BCUT2D eigenvalue weighted by Gasteiger charge is 2.19. The molecule has 2 rings (SSSR count). The Kier molecular flexibility index (Phi) is 6.48. The molecule has 1 aliphatic rings. The van der Waals surface area contributed by atoms with Crippen LogP contribution in [0.3, 0.4) is 0 Å². The van der Waals surface area contributed by atoms with Gasteiger partial charge in [-0.2, -0.15) is 0 Å². The molecule has 4 heteroatoms. The molecule has 1 saturated heterocycles. The number of piperidine rings is 1. The molecule has 0 spiro atoms. The minimum Gasteiger partial charge on any atom is -0.492 e. The summed E-state index contributed by atoms with van der Waals surface area (Å²) in [6.07, 6.45) is 2.59. The molecular formula is C15H22ClNO2. The lowest BCUT2D eigenvalue weighted by Gasteiger charge is -2.31. The molecule has 0 saturated carbocycles. The standard InChI is InChI=1S/C15H22ClNO2/c16-8-12-18-15-6-9-17(10-7-15)11-13-19-14-4-2-1-3-5-14/h1-5,15H,6-13H2. The van der Waals surface area contributed by atoms with Crippen LogP contribution in [0.2, 0.25) is 0 Å². The molecular weight excluding hydrogens is 262 g/mol. The molecule has 0 aliphatic carbocycles. The summed E-state index contributed by atoms with van der Waals surface area (Å²) in [6, 6.07) is 9.97. The summed E-state index contributed by atoms with van der Waals surface area (Å²) in [5.74, 6) is 1.54. The minimum atomic E-state index is 0.394. The van der Waals surface area contributed by atoms with Crippen molar-refractivity contribution in [2.75, 3.05) is 38.7 Å². The van der Waals surface area contributed by atoms with Crippen molar-refractivity contribution in [2.24, 2.45) is 0 Å². The Hall–Kier alpha value is -0.770. The average molecular weight is 284 g/mol. The van der Waals surface area contributed by atoms with Gasteiger partial charge in [0.15, 0.2) is 0 Å². The van der Waals surface area contributed by atoms with Crippen LogP contribution in [-0.4, -0.2) is 49.7 Å². The molecule has 106 valence electrons. The summed E-state index contributed by atoms with van der Waals surface area (Å²) >= 11 is 5.62. The van der Waals surface area contributed by atoms with Crippen LogP contribution in [0, 0.1) is 0 Å². The SMILES string of the molecule is ClCCOC1CCN(CCOc2ccccc2)CC1. The molecule has 1 aliphatic heterocycles. The van der Waals surface area contributed by atoms with E-state index in [0.717, 1.165) is 44.8 Å². The van der Waals surface area contributed by atoms with Crippen LogP contribution in [0.5, 0.6) is 5.75 Å². The summed E-state index contributed by atoms with van der Waals surface area (Å²) in [5.41, 5.74) is 0. The van der Waals surface area contributed by atoms with E-state index in [1.165, 1.54) is 0 Å². The molecule has 0 bridgehead atoms. The lowest BCUT2D eigenvalue weighted by molar-refractivity contribution is 0.0128. The number of nitrogens with zero attached hydrogens (tertiary/aromatic N) is 1. The number of rotatable bonds is 7. The third kappa shape index (κ3) is 5.39. The summed E-state index contributed by atoms with van der Waals surface area (Å²) < 4.78 is 11.4. The van der Waals surface area contributed by atoms with E-state index in [0.29, 0.717) is 18.6 Å². The Bertz CT molecular complexity index is 339. The van der Waals surface area contributed by atoms with Gasteiger partial charge < -0.3 is 9.47 Å². The van der Waals surface area contributed by atoms with Gasteiger partial charge in [0.25, 0.3) is 0 Å². The largest absolute Gasteiger partial charge is 0.492 e. The fourth-order valence-corrected chi connectivity index (χ4v) is 2.41. The first kappa shape index (κ1) is 14.6. The molecule has 1 aromatic carbocycles. The maximum Gasteiger partial charge on any atom is 0.119 e. The van der Waals surface area contributed by atoms with Crippen molar-refractivity contribution >= 4 is 11.6 Å². The Labute approximate surface area is 120 Å². The maximum atomic E-state index is 5.71. The zero-order chi connectivity index (χ0) is 13.3. The van der Waals surface area contributed by atoms with Gasteiger partial charge in [0, 0.05) is 25.5 Å². The van der Waals surface area contributed by atoms with Gasteiger partial charge in [0.05, 0.1) is 12.7 Å². The van der Waals surface area contributed by atoms with Gasteiger partial charge in [-0.3, -0.25) is 4.90 Å². The molecule has 1 aromatic rings. The molecule has 0 unspecified atom stereocenters. The zero-order valence-electron chi connectivity index (χ0n) is 11.3. The predicted molar refractivity (Wildman–Crippen MR) is 78.1 cm³/mol. The fraction of sp³-hybridized carbons (Fsp3) is 0.600. The van der Waals surface area contributed by atoms with Crippen LogP contribution in [0.15, 0.2) is 30.3 Å². The lowest BCUT2D eigenvalue weighted by Crippen LogP contribution is -2.39. The lowest BCUT2D eigenvalue weighted by atomic mass is 10.1. The van der Waals surface area contributed by atoms with Gasteiger partial charge in [-0.15, -0.1) is 11.6 Å². The second kappa shape index (κ2) is 8.41. The third-order valence-electron chi connectivity index (χ3n) is 3.38. The molecule has 0 aromatic heterocycles. The number of hydrogen-bond donors (Lipinski definition) is 0. The predicted octanol–water partition coefficient (Wildman–Crippen LogP) is 2.79. The molecule has 19 heavy (non-hydrogen) atoms. The van der Waals surface area contributed by atoms with Gasteiger partial charge >= 0.3 is 0 Å². The molecule has 1 heterocycles. The monoisotopic (exact) mass is 283 g/mol. The van der Waals surface area contributed by atoms with Crippen LogP contribution >= 0.6 is 11.6 Å². The van der Waals surface area contributed by atoms with E-state index in [9.17, 15) is 0 Å². The van der Waals surface area contributed by atoms with Crippen LogP contribution in [-0.2, 0) is 4.74 Å². The van der Waals surface area contributed by atoms with Crippen molar-refractivity contribution in [3.8, 4) is 5.75 Å². The second-order valence-electron chi connectivity index (χ2n) is 4.76. The van der Waals surface area contributed by atoms with Gasteiger partial charge in [0.2, 0.25) is 0 Å². The van der Waals surface area contributed by atoms with Crippen molar-refractivity contribution in [1.29, 1.82) is 0 Å². The molecule has 0 amide bonds. The number of halogens is 1. The van der Waals surface area contributed by atoms with E-state index in [2.05, 4.69) is 4.90 Å². The number of hydrogen-bond acceptors (Lipinski definition) is 3. The van der Waals surface area contributed by atoms with Crippen molar-refractivity contribution in [3.05, 3.63) is 30.3 Å². The number of para-hydroxylation sites is 1. The van der Waals surface area contributed by atoms with Gasteiger partial charge in [-0.05, 0) is 25.0 Å². The molecule has 3 nitrogen and oxygen atoms in total. The number of benzene rings is 1. The van der Waals surface area contributed by atoms with Crippen LogP contribution in [0.4, 0.5) is 0 Å². The van der Waals surface area contributed by atoms with E-state index in [-0.39, 0.29) is 0 Å². The normalized spacial score (nSPS) is 17.5. The molecule has 0 N–H and O–H groups in total. The highest BCUT2D eigenvalue weighted by Crippen LogP contribution is 2.14. The van der Waals surface area contributed by atoms with Crippen molar-refractivity contribution in [1.82, 2.24) is 4.90 Å². The van der Waals surface area contributed by atoms with Crippen molar-refractivity contribution in [3.63, 3.8) is 0 Å². The summed E-state index contributed by atoms with van der Waals surface area (Å²) in [4.78, 5) is 2.43. The zero-order valence-corrected chi connectivity index (χ0v) is 12.0. The van der Waals surface area contributed by atoms with E-state index in [1.807, 2.05) is 30.3 Å². The molecule has 1 fully saturated rings. The van der Waals surface area contributed by atoms with Gasteiger partial charge in [-0.25, -0.2) is 0 Å². The molecule has 0 atom stereocenters. The number of ether oxygens (including phenoxy) is 2. The first-order chi connectivity index (χ1) is 9.38. The number of alkyl halides is 1. The molecule has 0 radical (unpaired) electrons. The Balaban J connectivity index is 1.58. The third-order valence-corrected chi connectivity index (χ3v) is 3.54. The average Bonchev–Trinajstić information content (AvgIpc) is 2.47. The van der Waals surface area contributed by atoms with Crippen LogP contribution in [0.1, 0.15) is 12.8 Å². The van der Waals surface area contributed by atoms with E-state index >= 15 is 0 Å². The highest BCUT2D eigenvalue weighted by atomic mass is 35.5. The van der Waals surface area contributed by atoms with Crippen molar-refractivity contribution in [2.45, 2.75) is 18.9 Å². The maximum absolute atomic E-state index is 5.71. The summed E-state index contributed by atoms with van der Waals surface area (Å²) in [6.45, 7) is 4.58. The Morgan fingerprint density at radius 1 is 1.11 bits per heavy atom. The Morgan fingerprint density at radius 2 is 1.84 bits per heavy atom. The second-order valence-corrected chi connectivity index (χ2v) is 5.14. The summed E-state index contributed by atoms with van der Waals surface area (Å²) in [7, 11) is 0. The van der Waals surface area contributed by atoms with Gasteiger partial charge in [-0.1, -0.05) is 18.2 Å². The minimum absolute atomic E-state index is 0.394. The first-order valence-corrected chi connectivity index (χ1v) is 7.49. The van der Waals surface area contributed by atoms with E-state index < -0.39 is 0 Å². The summed E-state index contributed by atoms with van der Waals surface area (Å²) in [5, 5.41) is 0. The smallest absolute Gasteiger partial charge is 0.119 e. The first-order valence-electron chi connectivity index (χ1n) is 6.96. The van der Waals surface area contributed by atoms with E-state index in [1.54, 1.807) is 0 Å². The van der Waals surface area contributed by atoms with Gasteiger partial charge in [0.1, 0.15) is 12.4 Å². The van der Waals surface area contributed by atoms with E-state index in [4.69, 9.17) is 21.1 Å². The highest BCUT2D eigenvalue weighted by molar-refractivity contribution is 6.17. The van der Waals surface area contributed by atoms with Crippen LogP contribution < -0.4 is 4.74 Å². The van der Waals surface area contributed by atoms with Crippen molar-refractivity contribution < 1.29 is 9.47 Å². The Morgan fingerprint density at radius 3 is 2.53 bits per heavy atom. The number of likely N-dealkylation sites (tertiary alicyclic amines) is 1. The fourth-order valence-electron chi connectivity index (χ4n) is 2.32.